The Hall–Kier alpha value is -0.570. The maximum atomic E-state index is 6.22. The lowest BCUT2D eigenvalue weighted by Crippen LogP contribution is -2.54. The van der Waals surface area contributed by atoms with E-state index < -0.39 is 0 Å². The molecule has 0 saturated heterocycles. The lowest BCUT2D eigenvalue weighted by Gasteiger charge is -2.45. The number of halogens is 1. The van der Waals surface area contributed by atoms with Crippen LogP contribution in [0.3, 0.4) is 0 Å². The van der Waals surface area contributed by atoms with Crippen molar-refractivity contribution in [3.8, 4) is 0 Å². The minimum atomic E-state index is 0.304. The third-order valence-electron chi connectivity index (χ3n) is 4.74. The van der Waals surface area contributed by atoms with Gasteiger partial charge < -0.3 is 10.2 Å². The zero-order valence-electron chi connectivity index (χ0n) is 13.0. The zero-order chi connectivity index (χ0) is 14.6. The molecule has 1 N–H and O–H groups in total. The Morgan fingerprint density at radius 3 is 2.75 bits per heavy atom. The molecule has 1 aromatic rings. The number of hydrogen-bond donors (Lipinski definition) is 1. The largest absolute Gasteiger partial charge is 0.311 e. The van der Waals surface area contributed by atoms with E-state index in [0.717, 1.165) is 24.0 Å². The summed E-state index contributed by atoms with van der Waals surface area (Å²) in [6.07, 6.45) is 5.29. The number of benzene rings is 1. The minimum absolute atomic E-state index is 0.304. The van der Waals surface area contributed by atoms with E-state index in [1.165, 1.54) is 31.2 Å². The number of nitrogens with zero attached hydrogens (tertiary/aromatic N) is 1. The molecule has 0 aliphatic heterocycles. The molecule has 2 nitrogen and oxygen atoms in total. The van der Waals surface area contributed by atoms with Crippen LogP contribution >= 0.6 is 11.6 Å². The second-order valence-corrected chi connectivity index (χ2v) is 6.92. The molecule has 3 heteroatoms. The smallest absolute Gasteiger partial charge is 0.0450 e. The van der Waals surface area contributed by atoms with Gasteiger partial charge in [0.2, 0.25) is 0 Å². The molecule has 2 atom stereocenters. The maximum Gasteiger partial charge on any atom is 0.0450 e. The predicted octanol–water partition coefficient (Wildman–Crippen LogP) is 3.94. The maximum absolute atomic E-state index is 6.22. The van der Waals surface area contributed by atoms with Crippen molar-refractivity contribution in [3.63, 3.8) is 0 Å². The minimum Gasteiger partial charge on any atom is -0.311 e. The highest BCUT2D eigenvalue weighted by molar-refractivity contribution is 6.31. The Morgan fingerprint density at radius 2 is 2.10 bits per heavy atom. The highest BCUT2D eigenvalue weighted by Gasteiger charge is 2.36. The molecule has 0 bridgehead atoms. The van der Waals surface area contributed by atoms with Crippen LogP contribution in [0.2, 0.25) is 5.02 Å². The van der Waals surface area contributed by atoms with E-state index in [1.807, 2.05) is 18.2 Å². The van der Waals surface area contributed by atoms with Gasteiger partial charge in [-0.25, -0.2) is 0 Å². The SMILES string of the molecule is CC1CCCC(CNCc2ccccc2Cl)(N(C)C)C1. The highest BCUT2D eigenvalue weighted by atomic mass is 35.5. The molecule has 1 fully saturated rings. The van der Waals surface area contributed by atoms with Crippen molar-refractivity contribution in [2.45, 2.75) is 44.7 Å². The van der Waals surface area contributed by atoms with Gasteiger partial charge in [-0.05, 0) is 44.5 Å². The summed E-state index contributed by atoms with van der Waals surface area (Å²) in [5.41, 5.74) is 1.49. The third-order valence-corrected chi connectivity index (χ3v) is 5.11. The lowest BCUT2D eigenvalue weighted by atomic mass is 9.75. The van der Waals surface area contributed by atoms with Crippen LogP contribution in [0.1, 0.15) is 38.2 Å². The summed E-state index contributed by atoms with van der Waals surface area (Å²) in [5.74, 6) is 0.827. The predicted molar refractivity (Wildman–Crippen MR) is 87.2 cm³/mol. The van der Waals surface area contributed by atoms with Crippen LogP contribution in [0.25, 0.3) is 0 Å². The summed E-state index contributed by atoms with van der Waals surface area (Å²) in [4.78, 5) is 2.42. The van der Waals surface area contributed by atoms with Crippen LogP contribution in [0.5, 0.6) is 0 Å². The van der Waals surface area contributed by atoms with Gasteiger partial charge >= 0.3 is 0 Å². The first-order chi connectivity index (χ1) is 9.53. The van der Waals surface area contributed by atoms with Crippen molar-refractivity contribution in [2.75, 3.05) is 20.6 Å². The Balaban J connectivity index is 1.95. The lowest BCUT2D eigenvalue weighted by molar-refractivity contribution is 0.0749. The first-order valence-electron chi connectivity index (χ1n) is 7.65. The van der Waals surface area contributed by atoms with Crippen LogP contribution in [0.15, 0.2) is 24.3 Å². The average molecular weight is 295 g/mol. The van der Waals surface area contributed by atoms with Gasteiger partial charge in [-0.2, -0.15) is 0 Å². The van der Waals surface area contributed by atoms with Crippen LogP contribution in [-0.4, -0.2) is 31.1 Å². The van der Waals surface area contributed by atoms with E-state index in [4.69, 9.17) is 11.6 Å². The molecular formula is C17H27ClN2. The van der Waals surface area contributed by atoms with Crippen LogP contribution in [0.4, 0.5) is 0 Å². The second-order valence-electron chi connectivity index (χ2n) is 6.52. The number of likely N-dealkylation sites (N-methyl/N-ethyl adjacent to an activating group) is 1. The van der Waals surface area contributed by atoms with Crippen molar-refractivity contribution >= 4 is 11.6 Å². The summed E-state index contributed by atoms with van der Waals surface area (Å²) in [5, 5.41) is 4.49. The summed E-state index contributed by atoms with van der Waals surface area (Å²) < 4.78 is 0. The summed E-state index contributed by atoms with van der Waals surface area (Å²) in [6.45, 7) is 4.27. The zero-order valence-corrected chi connectivity index (χ0v) is 13.7. The van der Waals surface area contributed by atoms with E-state index in [9.17, 15) is 0 Å². The van der Waals surface area contributed by atoms with Crippen molar-refractivity contribution in [1.29, 1.82) is 0 Å². The Bertz CT molecular complexity index is 433. The van der Waals surface area contributed by atoms with E-state index in [2.05, 4.69) is 37.3 Å². The van der Waals surface area contributed by atoms with Crippen LogP contribution < -0.4 is 5.32 Å². The summed E-state index contributed by atoms with van der Waals surface area (Å²) in [6, 6.07) is 8.09. The Labute approximate surface area is 128 Å². The second kappa shape index (κ2) is 6.93. The number of nitrogens with one attached hydrogen (secondary N) is 1. The van der Waals surface area contributed by atoms with Crippen molar-refractivity contribution in [1.82, 2.24) is 10.2 Å². The third kappa shape index (κ3) is 3.75. The first-order valence-corrected chi connectivity index (χ1v) is 8.03. The van der Waals surface area contributed by atoms with Crippen molar-refractivity contribution < 1.29 is 0 Å². The van der Waals surface area contributed by atoms with Crippen molar-refractivity contribution in [2.24, 2.45) is 5.92 Å². The number of hydrogen-bond acceptors (Lipinski definition) is 2. The van der Waals surface area contributed by atoms with Gasteiger partial charge in [0.1, 0.15) is 0 Å². The molecular weight excluding hydrogens is 268 g/mol. The molecule has 0 heterocycles. The van der Waals surface area contributed by atoms with Crippen molar-refractivity contribution in [3.05, 3.63) is 34.9 Å². The molecule has 0 amide bonds. The molecule has 2 rings (SSSR count). The molecule has 1 saturated carbocycles. The quantitative estimate of drug-likeness (QED) is 0.885. The van der Waals surface area contributed by atoms with Gasteiger partial charge in [-0.1, -0.05) is 49.6 Å². The van der Waals surface area contributed by atoms with E-state index in [1.54, 1.807) is 0 Å². The highest BCUT2D eigenvalue weighted by Crippen LogP contribution is 2.35. The number of rotatable bonds is 5. The molecule has 1 aromatic carbocycles. The first kappa shape index (κ1) is 15.8. The fourth-order valence-corrected chi connectivity index (χ4v) is 3.63. The normalized spacial score (nSPS) is 26.9. The molecule has 0 aromatic heterocycles. The van der Waals surface area contributed by atoms with Gasteiger partial charge in [0, 0.05) is 23.7 Å². The molecule has 2 unspecified atom stereocenters. The average Bonchev–Trinajstić information content (AvgIpc) is 2.41. The van der Waals surface area contributed by atoms with Gasteiger partial charge in [-0.3, -0.25) is 0 Å². The Kier molecular flexibility index (Phi) is 5.48. The summed E-state index contributed by atoms with van der Waals surface area (Å²) >= 11 is 6.22. The Morgan fingerprint density at radius 1 is 1.35 bits per heavy atom. The molecule has 1 aliphatic carbocycles. The van der Waals surface area contributed by atoms with E-state index >= 15 is 0 Å². The standard InChI is InChI=1S/C17H27ClN2/c1-14-7-6-10-17(11-14,20(2)3)13-19-12-15-8-4-5-9-16(15)18/h4-5,8-9,14,19H,6-7,10-13H2,1-3H3. The van der Waals surface area contributed by atoms with Gasteiger partial charge in [0.25, 0.3) is 0 Å². The van der Waals surface area contributed by atoms with Crippen LogP contribution in [0, 0.1) is 5.92 Å². The van der Waals surface area contributed by atoms with E-state index in [-0.39, 0.29) is 0 Å². The van der Waals surface area contributed by atoms with Gasteiger partial charge in [0.15, 0.2) is 0 Å². The molecule has 112 valence electrons. The molecule has 0 radical (unpaired) electrons. The van der Waals surface area contributed by atoms with Gasteiger partial charge in [-0.15, -0.1) is 0 Å². The fourth-order valence-electron chi connectivity index (χ4n) is 3.43. The topological polar surface area (TPSA) is 15.3 Å². The van der Waals surface area contributed by atoms with E-state index in [0.29, 0.717) is 5.54 Å². The fraction of sp³-hybridized carbons (Fsp3) is 0.647. The monoisotopic (exact) mass is 294 g/mol. The van der Waals surface area contributed by atoms with Crippen LogP contribution in [-0.2, 0) is 6.54 Å². The molecule has 20 heavy (non-hydrogen) atoms. The van der Waals surface area contributed by atoms with Gasteiger partial charge in [0.05, 0.1) is 0 Å². The molecule has 0 spiro atoms. The molecule has 1 aliphatic rings. The summed E-state index contributed by atoms with van der Waals surface area (Å²) in [7, 11) is 4.43.